The fraction of sp³-hybridized carbons (Fsp3) is 0.609. The molecule has 3 atom stereocenters. The van der Waals surface area contributed by atoms with Crippen LogP contribution in [0.5, 0.6) is 0 Å². The summed E-state index contributed by atoms with van der Waals surface area (Å²) >= 11 is 1.78. The van der Waals surface area contributed by atoms with Gasteiger partial charge in [-0.2, -0.15) is 0 Å². The summed E-state index contributed by atoms with van der Waals surface area (Å²) in [5.74, 6) is 1.13. The van der Waals surface area contributed by atoms with Crippen molar-refractivity contribution < 1.29 is 14.3 Å². The second kappa shape index (κ2) is 8.50. The predicted octanol–water partition coefficient (Wildman–Crippen LogP) is 5.54. The topological polar surface area (TPSA) is 35.5 Å². The molecule has 4 heteroatoms. The third-order valence-corrected chi connectivity index (χ3v) is 7.48. The molecule has 1 heterocycles. The summed E-state index contributed by atoms with van der Waals surface area (Å²) in [7, 11) is 0. The molecule has 0 N–H and O–H groups in total. The number of ether oxygens (including phenoxy) is 2. The van der Waals surface area contributed by atoms with Gasteiger partial charge < -0.3 is 9.47 Å². The lowest BCUT2D eigenvalue weighted by atomic mass is 9.62. The average molecular weight is 387 g/mol. The molecule has 146 valence electrons. The normalized spacial score (nSPS) is 31.7. The van der Waals surface area contributed by atoms with Gasteiger partial charge in [-0.15, -0.1) is 11.8 Å². The van der Waals surface area contributed by atoms with Crippen molar-refractivity contribution in [3.63, 3.8) is 0 Å². The van der Waals surface area contributed by atoms with E-state index in [4.69, 9.17) is 9.47 Å². The summed E-state index contributed by atoms with van der Waals surface area (Å²) in [6, 6.07) is 10.4. The van der Waals surface area contributed by atoms with Crippen LogP contribution in [0.4, 0.5) is 0 Å². The van der Waals surface area contributed by atoms with Gasteiger partial charge in [0.15, 0.2) is 12.1 Å². The number of rotatable bonds is 5. The minimum Gasteiger partial charge on any atom is -0.353 e. The standard InChI is InChI=1S/C23H30O3S/c1-23-14-13-20(24)18(16-27-17-8-3-2-4-9-17)19(23)10-7-11-21(23)26-22-12-5-6-15-25-22/h2-4,8-9,21-22H,5-7,10-16H2,1H3/t21-,22?,23-/m0/s1. The quantitative estimate of drug-likeness (QED) is 0.622. The molecule has 0 amide bonds. The number of hydrogen-bond acceptors (Lipinski definition) is 4. The molecule has 0 radical (unpaired) electrons. The fourth-order valence-electron chi connectivity index (χ4n) is 4.82. The third kappa shape index (κ3) is 4.18. The molecule has 4 rings (SSSR count). The highest BCUT2D eigenvalue weighted by atomic mass is 32.2. The number of benzene rings is 1. The lowest BCUT2D eigenvalue weighted by Crippen LogP contribution is -2.45. The van der Waals surface area contributed by atoms with Gasteiger partial charge in [-0.1, -0.05) is 30.7 Å². The van der Waals surface area contributed by atoms with Gasteiger partial charge >= 0.3 is 0 Å². The molecule has 1 aromatic carbocycles. The zero-order valence-corrected chi connectivity index (χ0v) is 17.1. The lowest BCUT2D eigenvalue weighted by molar-refractivity contribution is -0.212. The molecular formula is C23H30O3S. The lowest BCUT2D eigenvalue weighted by Gasteiger charge is -2.48. The number of ketones is 1. The van der Waals surface area contributed by atoms with E-state index in [0.29, 0.717) is 12.2 Å². The summed E-state index contributed by atoms with van der Waals surface area (Å²) in [5.41, 5.74) is 2.42. The summed E-state index contributed by atoms with van der Waals surface area (Å²) in [6.45, 7) is 3.14. The summed E-state index contributed by atoms with van der Waals surface area (Å²) < 4.78 is 12.3. The molecule has 1 aliphatic heterocycles. The smallest absolute Gasteiger partial charge is 0.159 e. The predicted molar refractivity (Wildman–Crippen MR) is 109 cm³/mol. The second-order valence-electron chi connectivity index (χ2n) is 8.21. The Morgan fingerprint density at radius 3 is 2.78 bits per heavy atom. The van der Waals surface area contributed by atoms with E-state index in [-0.39, 0.29) is 17.8 Å². The Hall–Kier alpha value is -1.10. The van der Waals surface area contributed by atoms with Gasteiger partial charge in [0.05, 0.1) is 6.10 Å². The Bertz CT molecular complexity index is 693. The van der Waals surface area contributed by atoms with Crippen LogP contribution in [0.3, 0.4) is 0 Å². The van der Waals surface area contributed by atoms with Crippen LogP contribution in [-0.4, -0.2) is 30.5 Å². The summed E-state index contributed by atoms with van der Waals surface area (Å²) in [6.07, 6.45) is 8.24. The van der Waals surface area contributed by atoms with Crippen molar-refractivity contribution in [2.24, 2.45) is 5.41 Å². The largest absolute Gasteiger partial charge is 0.353 e. The van der Waals surface area contributed by atoms with Gasteiger partial charge in [-0.3, -0.25) is 4.79 Å². The average Bonchev–Trinajstić information content (AvgIpc) is 2.70. The molecule has 2 fully saturated rings. The van der Waals surface area contributed by atoms with Crippen molar-refractivity contribution in [2.75, 3.05) is 12.4 Å². The van der Waals surface area contributed by atoms with Crippen molar-refractivity contribution in [3.8, 4) is 0 Å². The monoisotopic (exact) mass is 386 g/mol. The van der Waals surface area contributed by atoms with E-state index in [1.54, 1.807) is 11.8 Å². The molecule has 0 spiro atoms. The SMILES string of the molecule is C[C@]12CCC(=O)C(CSc3ccccc3)=C1CCC[C@@H]2OC1CCCCO1. The molecule has 1 aromatic rings. The summed E-state index contributed by atoms with van der Waals surface area (Å²) in [5, 5.41) is 0. The Kier molecular flexibility index (Phi) is 6.05. The number of Topliss-reactive ketones (excluding diaryl/α,β-unsaturated/α-hetero) is 1. The van der Waals surface area contributed by atoms with E-state index in [1.807, 2.05) is 6.07 Å². The second-order valence-corrected chi connectivity index (χ2v) is 9.26. The van der Waals surface area contributed by atoms with Crippen LogP contribution in [0.2, 0.25) is 0 Å². The van der Waals surface area contributed by atoms with Crippen LogP contribution in [-0.2, 0) is 14.3 Å². The highest BCUT2D eigenvalue weighted by molar-refractivity contribution is 7.99. The molecule has 3 nitrogen and oxygen atoms in total. The number of hydrogen-bond donors (Lipinski definition) is 0. The molecule has 1 saturated carbocycles. The number of thioether (sulfide) groups is 1. The number of carbonyl (C=O) groups is 1. The van der Waals surface area contributed by atoms with E-state index >= 15 is 0 Å². The van der Waals surface area contributed by atoms with Gasteiger partial charge in [0.1, 0.15) is 0 Å². The zero-order valence-electron chi connectivity index (χ0n) is 16.2. The Balaban J connectivity index is 1.54. The molecule has 0 bridgehead atoms. The van der Waals surface area contributed by atoms with E-state index in [2.05, 4.69) is 31.2 Å². The number of carbonyl (C=O) groups excluding carboxylic acids is 1. The minimum atomic E-state index is -0.0558. The number of fused-ring (bicyclic) bond motifs is 1. The maximum absolute atomic E-state index is 12.8. The van der Waals surface area contributed by atoms with E-state index in [1.165, 1.54) is 16.9 Å². The van der Waals surface area contributed by atoms with E-state index < -0.39 is 0 Å². The molecule has 2 aliphatic carbocycles. The Morgan fingerprint density at radius 1 is 1.15 bits per heavy atom. The van der Waals surface area contributed by atoms with Crippen LogP contribution in [0, 0.1) is 5.41 Å². The maximum atomic E-state index is 12.8. The van der Waals surface area contributed by atoms with Gasteiger partial charge in [-0.05, 0) is 57.1 Å². The van der Waals surface area contributed by atoms with Crippen LogP contribution in [0.15, 0.2) is 46.4 Å². The van der Waals surface area contributed by atoms with Crippen molar-refractivity contribution in [1.82, 2.24) is 0 Å². The molecule has 3 aliphatic rings. The highest BCUT2D eigenvalue weighted by Crippen LogP contribution is 2.51. The fourth-order valence-corrected chi connectivity index (χ4v) is 5.82. The molecule has 0 aromatic heterocycles. The van der Waals surface area contributed by atoms with E-state index in [0.717, 1.165) is 56.5 Å². The first-order valence-electron chi connectivity index (χ1n) is 10.4. The van der Waals surface area contributed by atoms with Crippen LogP contribution < -0.4 is 0 Å². The van der Waals surface area contributed by atoms with Crippen LogP contribution in [0.25, 0.3) is 0 Å². The summed E-state index contributed by atoms with van der Waals surface area (Å²) in [4.78, 5) is 14.0. The Morgan fingerprint density at radius 2 is 2.00 bits per heavy atom. The zero-order chi connectivity index (χ0) is 18.7. The van der Waals surface area contributed by atoms with Gasteiger partial charge in [0, 0.05) is 34.7 Å². The molecule has 27 heavy (non-hydrogen) atoms. The van der Waals surface area contributed by atoms with Crippen molar-refractivity contribution in [1.29, 1.82) is 0 Å². The maximum Gasteiger partial charge on any atom is 0.159 e. The van der Waals surface area contributed by atoms with Gasteiger partial charge in [-0.25, -0.2) is 0 Å². The van der Waals surface area contributed by atoms with Crippen LogP contribution in [0.1, 0.15) is 58.3 Å². The van der Waals surface area contributed by atoms with E-state index in [9.17, 15) is 4.79 Å². The minimum absolute atomic E-state index is 0.0143. The molecule has 1 unspecified atom stereocenters. The first kappa shape index (κ1) is 19.2. The first-order chi connectivity index (χ1) is 13.2. The first-order valence-corrected chi connectivity index (χ1v) is 11.4. The third-order valence-electron chi connectivity index (χ3n) is 6.45. The highest BCUT2D eigenvalue weighted by Gasteiger charge is 2.46. The van der Waals surface area contributed by atoms with Crippen molar-refractivity contribution >= 4 is 17.5 Å². The van der Waals surface area contributed by atoms with Gasteiger partial charge in [0.2, 0.25) is 0 Å². The Labute approximate surface area is 166 Å². The van der Waals surface area contributed by atoms with Crippen molar-refractivity contribution in [3.05, 3.63) is 41.5 Å². The molecule has 1 saturated heterocycles. The van der Waals surface area contributed by atoms with Crippen molar-refractivity contribution in [2.45, 2.75) is 75.6 Å². The molecular weight excluding hydrogens is 356 g/mol. The van der Waals surface area contributed by atoms with Crippen LogP contribution >= 0.6 is 11.8 Å². The van der Waals surface area contributed by atoms with Gasteiger partial charge in [0.25, 0.3) is 0 Å².